The maximum Gasteiger partial charge on any atom is 0.411 e. The molecule has 1 aromatic carbocycles. The summed E-state index contributed by atoms with van der Waals surface area (Å²) in [7, 11) is 1.53. The number of ether oxygens (including phenoxy) is 2. The second-order valence-corrected chi connectivity index (χ2v) is 9.46. The molecule has 6 rings (SSSR count). The quantitative estimate of drug-likeness (QED) is 0.272. The van der Waals surface area contributed by atoms with Crippen LogP contribution in [0.5, 0.6) is 0 Å². The fraction of sp³-hybridized carbons (Fsp3) is 0.259. The molecule has 2 N–H and O–H groups in total. The van der Waals surface area contributed by atoms with Crippen LogP contribution in [0.4, 0.5) is 10.5 Å². The number of aromatic amines is 1. The number of fused-ring (bicyclic) bond motifs is 1. The van der Waals surface area contributed by atoms with Crippen molar-refractivity contribution in [3.05, 3.63) is 82.7 Å². The Morgan fingerprint density at radius 1 is 1.12 bits per heavy atom. The number of nitrogens with one attached hydrogen (secondary N) is 2. The number of carbonyl (C=O) groups excluding carboxylic acids is 1. The van der Waals surface area contributed by atoms with Crippen LogP contribution < -0.4 is 10.9 Å². The number of H-pyrrole nitrogens is 1. The van der Waals surface area contributed by atoms with Gasteiger partial charge in [0.1, 0.15) is 24.6 Å². The Bertz CT molecular complexity index is 1750. The number of nitrogens with zero attached hydrogens (tertiary/aromatic N) is 8. The van der Waals surface area contributed by atoms with E-state index in [2.05, 4.69) is 35.8 Å². The third-order valence-corrected chi connectivity index (χ3v) is 6.72. The maximum atomic E-state index is 13.4. The Kier molecular flexibility index (Phi) is 7.04. The van der Waals surface area contributed by atoms with Crippen molar-refractivity contribution in [3.63, 3.8) is 0 Å². The molecule has 0 saturated carbocycles. The van der Waals surface area contributed by atoms with Gasteiger partial charge in [0.15, 0.2) is 0 Å². The second kappa shape index (κ2) is 11.1. The summed E-state index contributed by atoms with van der Waals surface area (Å²) in [5, 5.41) is 14.1. The average molecular weight is 555 g/mol. The van der Waals surface area contributed by atoms with Gasteiger partial charge in [-0.2, -0.15) is 4.68 Å². The molecule has 0 saturated heterocycles. The zero-order chi connectivity index (χ0) is 28.3. The number of hydrogen-bond donors (Lipinski definition) is 2. The lowest BCUT2D eigenvalue weighted by Crippen LogP contribution is -2.25. The van der Waals surface area contributed by atoms with Gasteiger partial charge in [-0.15, -0.1) is 5.10 Å². The molecular formula is C27H26N10O4. The van der Waals surface area contributed by atoms with Crippen molar-refractivity contribution in [1.29, 1.82) is 0 Å². The zero-order valence-corrected chi connectivity index (χ0v) is 22.3. The summed E-state index contributed by atoms with van der Waals surface area (Å²) in [6.45, 7) is 2.45. The monoisotopic (exact) mass is 554 g/mol. The highest BCUT2D eigenvalue weighted by Crippen LogP contribution is 2.31. The first-order valence-electron chi connectivity index (χ1n) is 12.9. The smallest absolute Gasteiger partial charge is 0.411 e. The van der Waals surface area contributed by atoms with Gasteiger partial charge < -0.3 is 14.5 Å². The number of tetrazole rings is 1. The number of imidazole rings is 1. The molecule has 4 aromatic heterocycles. The van der Waals surface area contributed by atoms with Crippen LogP contribution in [0.2, 0.25) is 0 Å². The molecule has 5 aromatic rings. The molecule has 0 aliphatic carbocycles. The van der Waals surface area contributed by atoms with E-state index in [1.807, 2.05) is 25.1 Å². The number of methoxy groups -OCH3 is 1. The molecular weight excluding hydrogens is 528 g/mol. The number of rotatable bonds is 8. The molecule has 5 heterocycles. The Labute approximate surface area is 233 Å². The third-order valence-electron chi connectivity index (χ3n) is 6.72. The number of carbonyl (C=O) groups is 1. The third kappa shape index (κ3) is 5.32. The summed E-state index contributed by atoms with van der Waals surface area (Å²) >= 11 is 0. The Balaban J connectivity index is 1.22. The van der Waals surface area contributed by atoms with E-state index in [-0.39, 0.29) is 18.2 Å². The second-order valence-electron chi connectivity index (χ2n) is 9.46. The van der Waals surface area contributed by atoms with Crippen molar-refractivity contribution in [2.45, 2.75) is 25.8 Å². The van der Waals surface area contributed by atoms with Gasteiger partial charge in [0, 0.05) is 25.2 Å². The van der Waals surface area contributed by atoms with Gasteiger partial charge in [-0.1, -0.05) is 11.6 Å². The predicted molar refractivity (Wildman–Crippen MR) is 147 cm³/mol. The van der Waals surface area contributed by atoms with E-state index in [4.69, 9.17) is 14.5 Å². The van der Waals surface area contributed by atoms with Crippen LogP contribution in [0.1, 0.15) is 29.7 Å². The molecule has 0 spiro atoms. The number of amides is 1. The van der Waals surface area contributed by atoms with Gasteiger partial charge >= 0.3 is 6.09 Å². The van der Waals surface area contributed by atoms with E-state index in [0.29, 0.717) is 53.9 Å². The Hall–Kier alpha value is -5.24. The molecule has 14 nitrogen and oxygen atoms in total. The van der Waals surface area contributed by atoms with Crippen molar-refractivity contribution in [2.75, 3.05) is 25.6 Å². The van der Waals surface area contributed by atoms with Gasteiger partial charge in [0.2, 0.25) is 0 Å². The van der Waals surface area contributed by atoms with Gasteiger partial charge in [0.25, 0.3) is 5.56 Å². The number of benzene rings is 1. The van der Waals surface area contributed by atoms with E-state index < -0.39 is 6.09 Å². The van der Waals surface area contributed by atoms with E-state index in [0.717, 1.165) is 16.8 Å². The largest absolute Gasteiger partial charge is 0.447 e. The summed E-state index contributed by atoms with van der Waals surface area (Å²) in [5.41, 5.74) is 4.75. The number of hydrogen-bond acceptors (Lipinski definition) is 10. The molecule has 0 fully saturated rings. The summed E-state index contributed by atoms with van der Waals surface area (Å²) in [6.07, 6.45) is 5.43. The first-order chi connectivity index (χ1) is 20.0. The lowest BCUT2D eigenvalue weighted by atomic mass is 10.1. The van der Waals surface area contributed by atoms with Crippen LogP contribution in [0.3, 0.4) is 0 Å². The molecule has 208 valence electrons. The van der Waals surface area contributed by atoms with Gasteiger partial charge in [-0.25, -0.2) is 14.8 Å². The molecule has 1 aliphatic rings. The van der Waals surface area contributed by atoms with Crippen LogP contribution in [-0.2, 0) is 15.9 Å². The normalized spacial score (nSPS) is 14.1. The standard InChI is InChI=1S/C27H26N10O4/c1-16-3-6-22(36-15-30-34-35-36)18(11-16)20-12-25(38)37-23(7-8-24(37)32-20)26-29-14-21(33-26)19-5-4-17(13-28-19)31-27(39)41-10-9-40-2/h3-6,11-15,23H,7-10H2,1-2H3,(H,29,33)(H,31,39)/t23-/m0/s1. The number of pyridine rings is 1. The highest BCUT2D eigenvalue weighted by Gasteiger charge is 2.29. The van der Waals surface area contributed by atoms with Crippen molar-refractivity contribution in [2.24, 2.45) is 0 Å². The lowest BCUT2D eigenvalue weighted by Gasteiger charge is -2.14. The molecule has 1 aliphatic heterocycles. The van der Waals surface area contributed by atoms with Gasteiger partial charge in [-0.3, -0.25) is 19.7 Å². The van der Waals surface area contributed by atoms with Crippen molar-refractivity contribution < 1.29 is 14.3 Å². The van der Waals surface area contributed by atoms with Crippen molar-refractivity contribution in [1.82, 2.24) is 44.7 Å². The minimum absolute atomic E-state index is 0.155. The molecule has 0 bridgehead atoms. The number of anilines is 1. The Morgan fingerprint density at radius 3 is 2.80 bits per heavy atom. The van der Waals surface area contributed by atoms with Crippen LogP contribution in [0.15, 0.2) is 59.9 Å². The SMILES string of the molecule is COCCOC(=O)Nc1ccc(-c2cnc([C@@H]3CCc4nc(-c5cc(C)ccc5-n5cnnn5)cc(=O)n43)[nH]2)nc1. The highest BCUT2D eigenvalue weighted by atomic mass is 16.6. The maximum absolute atomic E-state index is 13.4. The van der Waals surface area contributed by atoms with Crippen molar-refractivity contribution in [3.8, 4) is 28.3 Å². The highest BCUT2D eigenvalue weighted by molar-refractivity contribution is 5.84. The predicted octanol–water partition coefficient (Wildman–Crippen LogP) is 2.71. The first kappa shape index (κ1) is 26.0. The van der Waals surface area contributed by atoms with Crippen LogP contribution in [-0.4, -0.2) is 71.1 Å². The lowest BCUT2D eigenvalue weighted by molar-refractivity contribution is 0.107. The van der Waals surface area contributed by atoms with Crippen LogP contribution in [0.25, 0.3) is 28.3 Å². The molecule has 14 heteroatoms. The van der Waals surface area contributed by atoms with Crippen LogP contribution in [0, 0.1) is 6.92 Å². The molecule has 1 atom stereocenters. The summed E-state index contributed by atoms with van der Waals surface area (Å²) in [6, 6.07) is 10.6. The zero-order valence-electron chi connectivity index (χ0n) is 22.3. The topological polar surface area (TPSA) is 168 Å². The fourth-order valence-corrected chi connectivity index (χ4v) is 4.80. The van der Waals surface area contributed by atoms with Crippen molar-refractivity contribution >= 4 is 11.8 Å². The Morgan fingerprint density at radius 2 is 2.02 bits per heavy atom. The minimum Gasteiger partial charge on any atom is -0.447 e. The number of aryl methyl sites for hydroxylation is 2. The first-order valence-corrected chi connectivity index (χ1v) is 12.9. The average Bonchev–Trinajstić information content (AvgIpc) is 3.75. The van der Waals surface area contributed by atoms with Gasteiger partial charge in [0.05, 0.1) is 53.5 Å². The summed E-state index contributed by atoms with van der Waals surface area (Å²) < 4.78 is 13.1. The fourth-order valence-electron chi connectivity index (χ4n) is 4.80. The minimum atomic E-state index is -0.587. The molecule has 0 radical (unpaired) electrons. The summed E-state index contributed by atoms with van der Waals surface area (Å²) in [4.78, 5) is 42.4. The van der Waals surface area contributed by atoms with Crippen LogP contribution >= 0.6 is 0 Å². The van der Waals surface area contributed by atoms with E-state index in [9.17, 15) is 9.59 Å². The molecule has 41 heavy (non-hydrogen) atoms. The van der Waals surface area contributed by atoms with Gasteiger partial charge in [-0.05, 0) is 48.0 Å². The number of aromatic nitrogens is 9. The van der Waals surface area contributed by atoms with E-state index in [1.165, 1.54) is 19.6 Å². The molecule has 1 amide bonds. The van der Waals surface area contributed by atoms with E-state index >= 15 is 0 Å². The molecule has 0 unspecified atom stereocenters. The summed E-state index contributed by atoms with van der Waals surface area (Å²) in [5.74, 6) is 1.33. The van der Waals surface area contributed by atoms with E-state index in [1.54, 1.807) is 33.6 Å².